The van der Waals surface area contributed by atoms with E-state index in [1.165, 1.54) is 18.2 Å². The number of carbonyl (C=O) groups is 1. The van der Waals surface area contributed by atoms with E-state index >= 15 is 0 Å². The number of alkyl halides is 6. The van der Waals surface area contributed by atoms with Crippen LogP contribution in [0.15, 0.2) is 40.9 Å². The molecule has 1 heterocycles. The maximum absolute atomic E-state index is 13.1. The summed E-state index contributed by atoms with van der Waals surface area (Å²) < 4.78 is 88.4. The summed E-state index contributed by atoms with van der Waals surface area (Å²) >= 11 is 0. The fraction of sp³-hybridized carbons (Fsp3) is 0.167. The summed E-state index contributed by atoms with van der Waals surface area (Å²) in [5, 5.41) is 12.2. The third-order valence-electron chi connectivity index (χ3n) is 3.86. The van der Waals surface area contributed by atoms with E-state index in [0.29, 0.717) is 12.1 Å². The molecule has 0 saturated carbocycles. The van der Waals surface area contributed by atoms with Crippen molar-refractivity contribution < 1.29 is 45.5 Å². The number of carboxylic acid groups (broad SMARTS) is 1. The number of nitrogens with zero attached hydrogens (tertiary/aromatic N) is 2. The van der Waals surface area contributed by atoms with Crippen LogP contribution in [0, 0.1) is 0 Å². The predicted octanol–water partition coefficient (Wildman–Crippen LogP) is 3.70. The number of hydrogen-bond donors (Lipinski definition) is 1. The monoisotopic (exact) mass is 442 g/mol. The lowest BCUT2D eigenvalue weighted by atomic mass is 9.94. The number of carboxylic acids is 1. The van der Waals surface area contributed by atoms with Crippen LogP contribution in [0.1, 0.15) is 11.1 Å². The van der Waals surface area contributed by atoms with Crippen LogP contribution in [0.2, 0.25) is 0 Å². The zero-order valence-corrected chi connectivity index (χ0v) is 15.1. The van der Waals surface area contributed by atoms with Gasteiger partial charge in [0.15, 0.2) is 6.61 Å². The minimum absolute atomic E-state index is 0.00280. The number of aromatic nitrogens is 2. The van der Waals surface area contributed by atoms with Crippen molar-refractivity contribution in [3.63, 3.8) is 0 Å². The molecule has 0 aliphatic carbocycles. The maximum atomic E-state index is 13.1. The number of hydrogen-bond acceptors (Lipinski definition) is 5. The molecular weight excluding hydrogens is 433 g/mol. The fourth-order valence-electron chi connectivity index (χ4n) is 2.51. The molecule has 3 aromatic rings. The third kappa shape index (κ3) is 5.16. The van der Waals surface area contributed by atoms with Gasteiger partial charge in [-0.2, -0.15) is 31.3 Å². The molecule has 2 aromatic carbocycles. The molecule has 0 bridgehead atoms. The summed E-state index contributed by atoms with van der Waals surface area (Å²) in [7, 11) is 5.66. The van der Waals surface area contributed by atoms with Gasteiger partial charge in [0.25, 0.3) is 5.89 Å². The topological polar surface area (TPSA) is 85.5 Å². The first-order chi connectivity index (χ1) is 14.3. The Morgan fingerprint density at radius 1 is 1.03 bits per heavy atom. The van der Waals surface area contributed by atoms with Crippen molar-refractivity contribution in [3.05, 3.63) is 47.5 Å². The Hall–Kier alpha value is -3.51. The summed E-state index contributed by atoms with van der Waals surface area (Å²) in [6.45, 7) is -0.736. The quantitative estimate of drug-likeness (QED) is 0.480. The van der Waals surface area contributed by atoms with Gasteiger partial charge in [0.05, 0.1) is 16.7 Å². The van der Waals surface area contributed by atoms with Crippen LogP contribution < -0.4 is 10.2 Å². The molecule has 13 heteroatoms. The van der Waals surface area contributed by atoms with E-state index in [9.17, 15) is 31.1 Å². The smallest absolute Gasteiger partial charge is 0.416 e. The van der Waals surface area contributed by atoms with Crippen molar-refractivity contribution in [1.29, 1.82) is 0 Å². The highest BCUT2D eigenvalue weighted by atomic mass is 19.4. The van der Waals surface area contributed by atoms with Gasteiger partial charge in [0, 0.05) is 5.56 Å². The molecule has 1 aromatic heterocycles. The summed E-state index contributed by atoms with van der Waals surface area (Å²) in [4.78, 5) is 14.5. The van der Waals surface area contributed by atoms with Crippen LogP contribution in [-0.4, -0.2) is 35.7 Å². The predicted molar refractivity (Wildman–Crippen MR) is 93.7 cm³/mol. The molecule has 0 unspecified atom stereocenters. The largest absolute Gasteiger partial charge is 0.481 e. The van der Waals surface area contributed by atoms with Gasteiger partial charge >= 0.3 is 18.3 Å². The molecule has 3 rings (SSSR count). The minimum atomic E-state index is -5.05. The van der Waals surface area contributed by atoms with E-state index in [4.69, 9.17) is 22.2 Å². The second kappa shape index (κ2) is 7.97. The first kappa shape index (κ1) is 22.2. The van der Waals surface area contributed by atoms with Gasteiger partial charge in [-0.3, -0.25) is 0 Å². The van der Waals surface area contributed by atoms with E-state index in [2.05, 4.69) is 10.1 Å². The average Bonchev–Trinajstić information content (AvgIpc) is 3.15. The first-order valence-corrected chi connectivity index (χ1v) is 8.22. The molecule has 0 atom stereocenters. The second-order valence-corrected chi connectivity index (χ2v) is 6.16. The second-order valence-electron chi connectivity index (χ2n) is 6.16. The van der Waals surface area contributed by atoms with Crippen molar-refractivity contribution in [1.82, 2.24) is 10.1 Å². The Bertz CT molecular complexity index is 1090. The summed E-state index contributed by atoms with van der Waals surface area (Å²) in [6, 6.07) is 4.81. The van der Waals surface area contributed by atoms with Crippen LogP contribution in [-0.2, 0) is 17.1 Å². The lowest BCUT2D eigenvalue weighted by Crippen LogP contribution is -2.11. The van der Waals surface area contributed by atoms with Crippen molar-refractivity contribution in [3.8, 4) is 28.6 Å². The zero-order valence-electron chi connectivity index (χ0n) is 15.1. The van der Waals surface area contributed by atoms with Crippen LogP contribution in [0.4, 0.5) is 26.3 Å². The molecule has 6 nitrogen and oxygen atoms in total. The van der Waals surface area contributed by atoms with E-state index in [1.54, 1.807) is 0 Å². The SMILES string of the molecule is [B]c1ccc(OCC(=O)O)c(-c2nc(-c3cc(C(F)(F)F)cc(C(F)(F)F)c3)no2)c1. The Labute approximate surface area is 170 Å². The summed E-state index contributed by atoms with van der Waals surface area (Å²) in [5.74, 6) is -2.25. The van der Waals surface area contributed by atoms with Gasteiger partial charge in [-0.15, -0.1) is 0 Å². The van der Waals surface area contributed by atoms with Gasteiger partial charge in [0.2, 0.25) is 5.82 Å². The molecule has 0 saturated heterocycles. The molecule has 0 spiro atoms. The van der Waals surface area contributed by atoms with Crippen LogP contribution >= 0.6 is 0 Å². The Morgan fingerprint density at radius 2 is 1.65 bits per heavy atom. The van der Waals surface area contributed by atoms with E-state index in [-0.39, 0.29) is 28.7 Å². The van der Waals surface area contributed by atoms with Gasteiger partial charge in [-0.25, -0.2) is 4.79 Å². The maximum Gasteiger partial charge on any atom is 0.416 e. The van der Waals surface area contributed by atoms with Gasteiger partial charge in [0.1, 0.15) is 13.6 Å². The standard InChI is InChI=1S/C18H9BF6N2O4/c19-11-1-2-13(30-7-14(28)29)12(6-11)16-26-15(27-31-16)8-3-9(17(20,21)22)5-10(4-8)18(23,24)25/h1-6H,7H2,(H,28,29). The van der Waals surface area contributed by atoms with Crippen LogP contribution in [0.3, 0.4) is 0 Å². The molecule has 0 amide bonds. The number of benzene rings is 2. The average molecular weight is 442 g/mol. The molecule has 0 aliphatic rings. The molecule has 31 heavy (non-hydrogen) atoms. The van der Waals surface area contributed by atoms with Gasteiger partial charge in [-0.1, -0.05) is 22.8 Å². The molecule has 160 valence electrons. The summed E-state index contributed by atoms with van der Waals surface area (Å²) in [5.41, 5.74) is -3.50. The van der Waals surface area contributed by atoms with E-state index in [0.717, 1.165) is 0 Å². The molecular formula is C18H9BF6N2O4. The Kier molecular flexibility index (Phi) is 5.70. The van der Waals surface area contributed by atoms with Crippen molar-refractivity contribution >= 4 is 19.3 Å². The molecule has 0 fully saturated rings. The fourth-order valence-corrected chi connectivity index (χ4v) is 2.51. The highest BCUT2D eigenvalue weighted by Gasteiger charge is 2.37. The van der Waals surface area contributed by atoms with Crippen molar-refractivity contribution in [2.45, 2.75) is 12.4 Å². The van der Waals surface area contributed by atoms with E-state index < -0.39 is 47.4 Å². The third-order valence-corrected chi connectivity index (χ3v) is 3.86. The Morgan fingerprint density at radius 3 is 2.19 bits per heavy atom. The number of halogens is 6. The zero-order chi connectivity index (χ0) is 23.0. The number of rotatable bonds is 5. The molecule has 0 aliphatic heterocycles. The van der Waals surface area contributed by atoms with Crippen molar-refractivity contribution in [2.75, 3.05) is 6.61 Å². The lowest BCUT2D eigenvalue weighted by molar-refractivity contribution is -0.143. The molecule has 2 radical (unpaired) electrons. The van der Waals surface area contributed by atoms with Crippen LogP contribution in [0.25, 0.3) is 22.8 Å². The number of ether oxygens (including phenoxy) is 1. The first-order valence-electron chi connectivity index (χ1n) is 8.22. The number of aliphatic carboxylic acids is 1. The van der Waals surface area contributed by atoms with Crippen molar-refractivity contribution in [2.24, 2.45) is 0 Å². The Balaban J connectivity index is 2.07. The lowest BCUT2D eigenvalue weighted by Gasteiger charge is -2.12. The molecule has 1 N–H and O–H groups in total. The van der Waals surface area contributed by atoms with Gasteiger partial charge < -0.3 is 14.4 Å². The highest BCUT2D eigenvalue weighted by molar-refractivity contribution is 6.32. The highest BCUT2D eigenvalue weighted by Crippen LogP contribution is 2.38. The van der Waals surface area contributed by atoms with E-state index in [1.807, 2.05) is 0 Å². The van der Waals surface area contributed by atoms with Crippen LogP contribution in [0.5, 0.6) is 5.75 Å². The normalized spacial score (nSPS) is 12.1. The van der Waals surface area contributed by atoms with Gasteiger partial charge in [-0.05, 0) is 24.3 Å². The summed E-state index contributed by atoms with van der Waals surface area (Å²) in [6.07, 6.45) is -10.1. The minimum Gasteiger partial charge on any atom is -0.481 e.